The first-order valence-corrected chi connectivity index (χ1v) is 11.2. The zero-order chi connectivity index (χ0) is 22.4. The zero-order valence-corrected chi connectivity index (χ0v) is 18.2. The molecule has 1 N–H and O–H groups in total. The maximum atomic E-state index is 11.0. The van der Waals surface area contributed by atoms with Gasteiger partial charge >= 0.3 is 0 Å². The molecule has 170 valence electrons. The second kappa shape index (κ2) is 8.33. The Bertz CT molecular complexity index is 979. The molecule has 0 amide bonds. The molecule has 7 rings (SSSR count). The predicted molar refractivity (Wildman–Crippen MR) is 119 cm³/mol. The summed E-state index contributed by atoms with van der Waals surface area (Å²) in [5.41, 5.74) is 1.94. The Labute approximate surface area is 192 Å². The molecular formula is C27H26O6. The highest BCUT2D eigenvalue weighted by Crippen LogP contribution is 2.48. The largest absolute Gasteiger partial charge is 0.387 e. The van der Waals surface area contributed by atoms with Gasteiger partial charge < -0.3 is 28.8 Å². The van der Waals surface area contributed by atoms with E-state index in [1.165, 1.54) is 0 Å². The minimum Gasteiger partial charge on any atom is -0.387 e. The summed E-state index contributed by atoms with van der Waals surface area (Å²) >= 11 is 0. The van der Waals surface area contributed by atoms with Crippen LogP contribution in [0.1, 0.15) is 16.7 Å². The molecule has 4 aliphatic rings. The Morgan fingerprint density at radius 1 is 0.636 bits per heavy atom. The summed E-state index contributed by atoms with van der Waals surface area (Å²) in [7, 11) is 1.60. The van der Waals surface area contributed by atoms with Crippen LogP contribution in [0.15, 0.2) is 91.0 Å². The van der Waals surface area contributed by atoms with Crippen LogP contribution in [0.2, 0.25) is 0 Å². The van der Waals surface area contributed by atoms with Gasteiger partial charge in [-0.15, -0.1) is 0 Å². The van der Waals surface area contributed by atoms with E-state index in [1.807, 2.05) is 54.6 Å². The number of rotatable bonds is 6. The van der Waals surface area contributed by atoms with Crippen molar-refractivity contribution in [2.24, 2.45) is 0 Å². The van der Waals surface area contributed by atoms with Crippen LogP contribution < -0.4 is 0 Å². The predicted octanol–water partition coefficient (Wildman–Crippen LogP) is 3.22. The Morgan fingerprint density at radius 3 is 1.52 bits per heavy atom. The molecule has 3 saturated heterocycles. The fraction of sp³-hybridized carbons (Fsp3) is 0.333. The van der Waals surface area contributed by atoms with Gasteiger partial charge in [0.25, 0.3) is 6.48 Å². The average molecular weight is 446 g/mol. The number of hydrogen-bond acceptors (Lipinski definition) is 6. The smallest absolute Gasteiger partial charge is 0.272 e. The second-order valence-corrected chi connectivity index (χ2v) is 8.64. The topological polar surface area (TPSA) is 66.4 Å². The van der Waals surface area contributed by atoms with Crippen LogP contribution in [0.25, 0.3) is 0 Å². The van der Waals surface area contributed by atoms with Gasteiger partial charge in [-0.25, -0.2) is 0 Å². The van der Waals surface area contributed by atoms with Gasteiger partial charge in [-0.05, 0) is 16.7 Å². The quantitative estimate of drug-likeness (QED) is 0.587. The highest BCUT2D eigenvalue weighted by Gasteiger charge is 2.64. The molecule has 3 aliphatic heterocycles. The summed E-state index contributed by atoms with van der Waals surface area (Å²) in [5, 5.41) is 11.0. The lowest BCUT2D eigenvalue weighted by Gasteiger charge is -2.58. The standard InChI is InChI=1S/C27H26O6/c1-29-23-21-20(28)22-25(24(23)32-26(30-21)31-22)33-27(17-11-5-2-6-12-17,18-13-7-3-8-14-18)19-15-9-4-10-16-19/h2-16,20-26,28H,1H3/t20-,21+,22-,23-,24+,25+,26?/m0/s1. The number of methoxy groups -OCH3 is 1. The molecule has 3 aromatic rings. The molecule has 1 aliphatic carbocycles. The van der Waals surface area contributed by atoms with Crippen molar-refractivity contribution in [1.29, 1.82) is 0 Å². The molecule has 3 heterocycles. The summed E-state index contributed by atoms with van der Waals surface area (Å²) in [4.78, 5) is 0. The molecule has 4 bridgehead atoms. The first-order valence-electron chi connectivity index (χ1n) is 11.2. The van der Waals surface area contributed by atoms with Crippen LogP contribution in [-0.2, 0) is 29.3 Å². The Balaban J connectivity index is 1.53. The molecule has 4 fully saturated rings. The highest BCUT2D eigenvalue weighted by atomic mass is 16.9. The van der Waals surface area contributed by atoms with Crippen molar-refractivity contribution in [2.45, 2.75) is 48.7 Å². The number of ether oxygens (including phenoxy) is 5. The van der Waals surface area contributed by atoms with Gasteiger partial charge in [0.1, 0.15) is 42.2 Å². The van der Waals surface area contributed by atoms with Crippen molar-refractivity contribution < 1.29 is 28.8 Å². The van der Waals surface area contributed by atoms with Crippen LogP contribution in [0.5, 0.6) is 0 Å². The first-order chi connectivity index (χ1) is 16.2. The molecule has 1 unspecified atom stereocenters. The van der Waals surface area contributed by atoms with Gasteiger partial charge in [0.05, 0.1) is 0 Å². The van der Waals surface area contributed by atoms with Crippen LogP contribution in [0.3, 0.4) is 0 Å². The lowest BCUT2D eigenvalue weighted by atomic mass is 9.77. The second-order valence-electron chi connectivity index (χ2n) is 8.64. The molecule has 1 saturated carbocycles. The van der Waals surface area contributed by atoms with E-state index >= 15 is 0 Å². The summed E-state index contributed by atoms with van der Waals surface area (Å²) in [6, 6.07) is 30.3. The molecular weight excluding hydrogens is 420 g/mol. The van der Waals surface area contributed by atoms with Crippen LogP contribution in [0, 0.1) is 0 Å². The first kappa shape index (κ1) is 21.0. The third-order valence-corrected chi connectivity index (χ3v) is 6.90. The molecule has 7 atom stereocenters. The maximum absolute atomic E-state index is 11.0. The Kier molecular flexibility index (Phi) is 5.30. The van der Waals surface area contributed by atoms with Crippen molar-refractivity contribution in [3.63, 3.8) is 0 Å². The van der Waals surface area contributed by atoms with Crippen molar-refractivity contribution in [3.05, 3.63) is 108 Å². The number of aliphatic hydroxyl groups is 1. The summed E-state index contributed by atoms with van der Waals surface area (Å²) in [5.74, 6) is 0. The minimum atomic E-state index is -0.963. The minimum absolute atomic E-state index is 0.448. The fourth-order valence-electron chi connectivity index (χ4n) is 5.42. The molecule has 33 heavy (non-hydrogen) atoms. The van der Waals surface area contributed by atoms with Gasteiger partial charge in [0.2, 0.25) is 0 Å². The van der Waals surface area contributed by atoms with E-state index < -0.39 is 48.7 Å². The van der Waals surface area contributed by atoms with E-state index in [4.69, 9.17) is 23.7 Å². The van der Waals surface area contributed by atoms with Crippen molar-refractivity contribution >= 4 is 0 Å². The van der Waals surface area contributed by atoms with Gasteiger partial charge in [0, 0.05) is 7.11 Å². The summed E-state index contributed by atoms with van der Waals surface area (Å²) < 4.78 is 30.5. The van der Waals surface area contributed by atoms with Gasteiger partial charge in [-0.3, -0.25) is 0 Å². The SMILES string of the molecule is CO[C@@H]1[C@H]2OC3O[C@@H]1[C@H](O)[C@H](O3)[C@H]2OC(c1ccccc1)(c1ccccc1)c1ccccc1. The number of aliphatic hydroxyl groups excluding tert-OH is 1. The van der Waals surface area contributed by atoms with E-state index in [-0.39, 0.29) is 0 Å². The van der Waals surface area contributed by atoms with E-state index in [0.29, 0.717) is 0 Å². The van der Waals surface area contributed by atoms with Gasteiger partial charge in [-0.1, -0.05) is 91.0 Å². The van der Waals surface area contributed by atoms with Crippen LogP contribution >= 0.6 is 0 Å². The lowest BCUT2D eigenvalue weighted by Crippen LogP contribution is -2.76. The normalized spacial score (nSPS) is 32.7. The monoisotopic (exact) mass is 446 g/mol. The average Bonchev–Trinajstić information content (AvgIpc) is 2.88. The van der Waals surface area contributed by atoms with E-state index in [0.717, 1.165) is 16.7 Å². The third-order valence-electron chi connectivity index (χ3n) is 6.90. The number of benzene rings is 3. The molecule has 6 nitrogen and oxygen atoms in total. The van der Waals surface area contributed by atoms with Crippen molar-refractivity contribution in [3.8, 4) is 0 Å². The fourth-order valence-corrected chi connectivity index (χ4v) is 5.42. The molecule has 0 aromatic heterocycles. The van der Waals surface area contributed by atoms with E-state index in [1.54, 1.807) is 7.11 Å². The van der Waals surface area contributed by atoms with Crippen LogP contribution in [0.4, 0.5) is 0 Å². The van der Waals surface area contributed by atoms with Gasteiger partial charge in [0.15, 0.2) is 0 Å². The zero-order valence-electron chi connectivity index (χ0n) is 18.2. The van der Waals surface area contributed by atoms with E-state index in [9.17, 15) is 5.11 Å². The molecule has 0 radical (unpaired) electrons. The van der Waals surface area contributed by atoms with Gasteiger partial charge in [-0.2, -0.15) is 0 Å². The number of hydrogen-bond donors (Lipinski definition) is 1. The highest BCUT2D eigenvalue weighted by molar-refractivity contribution is 5.47. The Hall–Kier alpha value is -2.58. The molecule has 0 spiro atoms. The van der Waals surface area contributed by atoms with Crippen LogP contribution in [-0.4, -0.2) is 55.3 Å². The molecule has 3 aromatic carbocycles. The third kappa shape index (κ3) is 3.26. The summed E-state index contributed by atoms with van der Waals surface area (Å²) in [6.07, 6.45) is -3.53. The Morgan fingerprint density at radius 2 is 1.06 bits per heavy atom. The van der Waals surface area contributed by atoms with Crippen molar-refractivity contribution in [2.75, 3.05) is 7.11 Å². The lowest BCUT2D eigenvalue weighted by molar-refractivity contribution is -0.488. The summed E-state index contributed by atoms with van der Waals surface area (Å²) in [6.45, 7) is -0.820. The van der Waals surface area contributed by atoms with Crippen molar-refractivity contribution in [1.82, 2.24) is 0 Å². The molecule has 6 heteroatoms. The maximum Gasteiger partial charge on any atom is 0.272 e. The van der Waals surface area contributed by atoms with E-state index in [2.05, 4.69) is 36.4 Å².